The molecule has 0 radical (unpaired) electrons. The van der Waals surface area contributed by atoms with E-state index >= 15 is 0 Å². The molecule has 2 aromatic carbocycles. The molecule has 22 heavy (non-hydrogen) atoms. The minimum absolute atomic E-state index is 0.0344. The second-order valence-electron chi connectivity index (χ2n) is 4.97. The van der Waals surface area contributed by atoms with Gasteiger partial charge < -0.3 is 19.5 Å². The maximum atomic E-state index is 11.6. The van der Waals surface area contributed by atoms with Crippen LogP contribution in [0.3, 0.4) is 0 Å². The first-order valence-corrected chi connectivity index (χ1v) is 6.75. The zero-order valence-corrected chi connectivity index (χ0v) is 12.2. The van der Waals surface area contributed by atoms with Crippen LogP contribution in [-0.4, -0.2) is 27.9 Å². The number of hydrogen-bond donors (Lipinski definition) is 2. The summed E-state index contributed by atoms with van der Waals surface area (Å²) in [5.41, 5.74) is 2.22. The van der Waals surface area contributed by atoms with E-state index in [-0.39, 0.29) is 11.3 Å². The van der Waals surface area contributed by atoms with Crippen LogP contribution in [0, 0.1) is 6.92 Å². The number of nitrogens with zero attached hydrogens (tertiary/aromatic N) is 1. The van der Waals surface area contributed by atoms with Gasteiger partial charge in [0.25, 0.3) is 0 Å². The molecule has 1 aromatic heterocycles. The third-order valence-corrected chi connectivity index (χ3v) is 3.73. The lowest BCUT2D eigenvalue weighted by molar-refractivity contribution is 0.0698. The zero-order valence-electron chi connectivity index (χ0n) is 12.2. The van der Waals surface area contributed by atoms with Crippen LogP contribution in [0.1, 0.15) is 16.1 Å². The molecule has 0 aliphatic carbocycles. The Hall–Kier alpha value is -2.95. The van der Waals surface area contributed by atoms with E-state index in [0.717, 1.165) is 5.69 Å². The van der Waals surface area contributed by atoms with Crippen molar-refractivity contribution >= 4 is 16.9 Å². The SMILES string of the molecule is COc1ccccc1-n1c(C)c(C(=O)O)c2cc(O)ccc21. The van der Waals surface area contributed by atoms with Crippen molar-refractivity contribution in [3.8, 4) is 17.2 Å². The smallest absolute Gasteiger partial charge is 0.338 e. The van der Waals surface area contributed by atoms with Crippen LogP contribution in [0.25, 0.3) is 16.6 Å². The number of para-hydroxylation sites is 2. The second-order valence-corrected chi connectivity index (χ2v) is 4.97. The molecular formula is C17H15NO4. The number of aromatic carboxylic acids is 1. The minimum atomic E-state index is -1.03. The molecule has 1 heterocycles. The molecule has 0 saturated carbocycles. The number of carboxylic acid groups (broad SMARTS) is 1. The van der Waals surface area contributed by atoms with E-state index in [1.165, 1.54) is 6.07 Å². The molecule has 0 fully saturated rings. The Bertz CT molecular complexity index is 880. The fraction of sp³-hybridized carbons (Fsp3) is 0.118. The van der Waals surface area contributed by atoms with E-state index in [1.54, 1.807) is 26.2 Å². The predicted molar refractivity (Wildman–Crippen MR) is 83.2 cm³/mol. The first-order chi connectivity index (χ1) is 10.5. The van der Waals surface area contributed by atoms with Gasteiger partial charge in [-0.1, -0.05) is 12.1 Å². The van der Waals surface area contributed by atoms with Crippen molar-refractivity contribution in [2.24, 2.45) is 0 Å². The second kappa shape index (κ2) is 5.11. The highest BCUT2D eigenvalue weighted by Gasteiger charge is 2.21. The van der Waals surface area contributed by atoms with Gasteiger partial charge in [0.1, 0.15) is 11.5 Å². The Kier molecular flexibility index (Phi) is 3.25. The maximum Gasteiger partial charge on any atom is 0.338 e. The van der Waals surface area contributed by atoms with E-state index in [2.05, 4.69) is 0 Å². The largest absolute Gasteiger partial charge is 0.508 e. The highest BCUT2D eigenvalue weighted by Crippen LogP contribution is 2.34. The van der Waals surface area contributed by atoms with Crippen LogP contribution >= 0.6 is 0 Å². The molecule has 0 bridgehead atoms. The normalized spacial score (nSPS) is 10.8. The number of fused-ring (bicyclic) bond motifs is 1. The summed E-state index contributed by atoms with van der Waals surface area (Å²) in [4.78, 5) is 11.6. The lowest BCUT2D eigenvalue weighted by atomic mass is 10.1. The van der Waals surface area contributed by atoms with Crippen molar-refractivity contribution in [1.82, 2.24) is 4.57 Å². The van der Waals surface area contributed by atoms with Crippen molar-refractivity contribution in [3.63, 3.8) is 0 Å². The number of rotatable bonds is 3. The Morgan fingerprint density at radius 2 is 1.91 bits per heavy atom. The molecule has 0 aliphatic heterocycles. The van der Waals surface area contributed by atoms with Gasteiger partial charge in [0, 0.05) is 11.1 Å². The molecule has 0 spiro atoms. The van der Waals surface area contributed by atoms with Crippen LogP contribution in [0.4, 0.5) is 0 Å². The molecule has 0 aliphatic rings. The first-order valence-electron chi connectivity index (χ1n) is 6.75. The Morgan fingerprint density at radius 3 is 2.59 bits per heavy atom. The minimum Gasteiger partial charge on any atom is -0.508 e. The summed E-state index contributed by atoms with van der Waals surface area (Å²) in [7, 11) is 1.57. The number of methoxy groups -OCH3 is 1. The average molecular weight is 297 g/mol. The Balaban J connectivity index is 2.44. The van der Waals surface area contributed by atoms with Crippen LogP contribution in [0.2, 0.25) is 0 Å². The van der Waals surface area contributed by atoms with Crippen molar-refractivity contribution in [2.75, 3.05) is 7.11 Å². The van der Waals surface area contributed by atoms with Gasteiger partial charge >= 0.3 is 5.97 Å². The van der Waals surface area contributed by atoms with Crippen LogP contribution in [0.15, 0.2) is 42.5 Å². The number of ether oxygens (including phenoxy) is 1. The molecule has 2 N–H and O–H groups in total. The summed E-state index contributed by atoms with van der Waals surface area (Å²) < 4.78 is 7.21. The standard InChI is InChI=1S/C17H15NO4/c1-10-16(17(20)21)12-9-11(19)7-8-13(12)18(10)14-5-3-4-6-15(14)22-2/h3-9,19H,1-2H3,(H,20,21). The molecule has 3 rings (SSSR count). The summed E-state index contributed by atoms with van der Waals surface area (Å²) >= 11 is 0. The van der Waals surface area contributed by atoms with E-state index < -0.39 is 5.97 Å². The zero-order chi connectivity index (χ0) is 15.9. The van der Waals surface area contributed by atoms with E-state index in [4.69, 9.17) is 4.74 Å². The van der Waals surface area contributed by atoms with Crippen LogP contribution < -0.4 is 4.74 Å². The van der Waals surface area contributed by atoms with Crippen molar-refractivity contribution in [3.05, 3.63) is 53.7 Å². The number of phenolic OH excluding ortho intramolecular Hbond substituents is 1. The topological polar surface area (TPSA) is 71.7 Å². The van der Waals surface area contributed by atoms with E-state index in [0.29, 0.717) is 22.3 Å². The molecule has 0 atom stereocenters. The number of hydrogen-bond acceptors (Lipinski definition) is 3. The van der Waals surface area contributed by atoms with Crippen LogP contribution in [0.5, 0.6) is 11.5 Å². The molecule has 0 unspecified atom stereocenters. The van der Waals surface area contributed by atoms with Gasteiger partial charge in [-0.15, -0.1) is 0 Å². The lowest BCUT2D eigenvalue weighted by Crippen LogP contribution is -2.03. The summed E-state index contributed by atoms with van der Waals surface area (Å²) in [5.74, 6) is -0.346. The number of aromatic nitrogens is 1. The fourth-order valence-corrected chi connectivity index (χ4v) is 2.80. The summed E-state index contributed by atoms with van der Waals surface area (Å²) in [5, 5.41) is 19.7. The van der Waals surface area contributed by atoms with Crippen LogP contribution in [-0.2, 0) is 0 Å². The number of phenols is 1. The maximum absolute atomic E-state index is 11.6. The number of carbonyl (C=O) groups is 1. The lowest BCUT2D eigenvalue weighted by Gasteiger charge is -2.12. The monoisotopic (exact) mass is 297 g/mol. The van der Waals surface area contributed by atoms with Gasteiger partial charge in [0.05, 0.1) is 23.9 Å². The van der Waals surface area contributed by atoms with Gasteiger partial charge in [-0.2, -0.15) is 0 Å². The molecule has 0 saturated heterocycles. The number of aromatic hydroxyl groups is 1. The average Bonchev–Trinajstić information content (AvgIpc) is 2.78. The van der Waals surface area contributed by atoms with Gasteiger partial charge in [-0.05, 0) is 37.3 Å². The highest BCUT2D eigenvalue weighted by atomic mass is 16.5. The molecule has 112 valence electrons. The highest BCUT2D eigenvalue weighted by molar-refractivity contribution is 6.06. The summed E-state index contributed by atoms with van der Waals surface area (Å²) in [6, 6.07) is 12.1. The fourth-order valence-electron chi connectivity index (χ4n) is 2.80. The Morgan fingerprint density at radius 1 is 1.18 bits per heavy atom. The van der Waals surface area contributed by atoms with Gasteiger partial charge in [-0.3, -0.25) is 0 Å². The molecule has 3 aromatic rings. The third-order valence-electron chi connectivity index (χ3n) is 3.73. The number of benzene rings is 2. The van der Waals surface area contributed by atoms with Gasteiger partial charge in [-0.25, -0.2) is 4.79 Å². The third kappa shape index (κ3) is 1.98. The van der Waals surface area contributed by atoms with Gasteiger partial charge in [0.2, 0.25) is 0 Å². The van der Waals surface area contributed by atoms with Crippen molar-refractivity contribution in [1.29, 1.82) is 0 Å². The molecule has 5 heteroatoms. The number of carboxylic acids is 1. The van der Waals surface area contributed by atoms with Gasteiger partial charge in [0.15, 0.2) is 0 Å². The molecule has 5 nitrogen and oxygen atoms in total. The van der Waals surface area contributed by atoms with E-state index in [1.807, 2.05) is 28.8 Å². The molecular weight excluding hydrogens is 282 g/mol. The molecule has 0 amide bonds. The Labute approximate surface area is 127 Å². The van der Waals surface area contributed by atoms with E-state index in [9.17, 15) is 15.0 Å². The summed E-state index contributed by atoms with van der Waals surface area (Å²) in [6.07, 6.45) is 0. The predicted octanol–water partition coefficient (Wildman–Crippen LogP) is 3.35. The van der Waals surface area contributed by atoms with Crippen molar-refractivity contribution < 1.29 is 19.7 Å². The first kappa shape index (κ1) is 14.0. The summed E-state index contributed by atoms with van der Waals surface area (Å²) in [6.45, 7) is 1.74. The quantitative estimate of drug-likeness (QED) is 0.777. The van der Waals surface area contributed by atoms with Crippen molar-refractivity contribution in [2.45, 2.75) is 6.92 Å².